The molecule has 3 heterocycles. The van der Waals surface area contributed by atoms with Crippen LogP contribution < -0.4 is 0 Å². The van der Waals surface area contributed by atoms with Crippen molar-refractivity contribution in [3.05, 3.63) is 52.6 Å². The standard InChI is InChI=1S/C23H21F3N2O4S/c1-14-7-9-27(10-8-14)20(29)13-28-21(30)19(33-22(28)31)12-17-5-6-18(32-17)15-3-2-4-16(11-15)23(24,25)26/h2-6,11-12,14H,7-10,13H2,1H3/b19-12+. The molecule has 3 amide bonds. The minimum absolute atomic E-state index is 0.0880. The number of likely N-dealkylation sites (tertiary alicyclic amines) is 1. The minimum Gasteiger partial charge on any atom is -0.457 e. The lowest BCUT2D eigenvalue weighted by Crippen LogP contribution is -2.45. The van der Waals surface area contributed by atoms with Gasteiger partial charge in [0.25, 0.3) is 11.1 Å². The van der Waals surface area contributed by atoms with Crippen LogP contribution in [-0.4, -0.2) is 46.5 Å². The maximum absolute atomic E-state index is 13.0. The summed E-state index contributed by atoms with van der Waals surface area (Å²) >= 11 is 0.696. The molecule has 1 aromatic heterocycles. The lowest BCUT2D eigenvalue weighted by molar-refractivity contribution is -0.137. The smallest absolute Gasteiger partial charge is 0.416 e. The molecule has 2 aliphatic rings. The van der Waals surface area contributed by atoms with Crippen molar-refractivity contribution in [3.63, 3.8) is 0 Å². The van der Waals surface area contributed by atoms with Gasteiger partial charge in [-0.2, -0.15) is 13.2 Å². The molecule has 0 N–H and O–H groups in total. The van der Waals surface area contributed by atoms with Gasteiger partial charge >= 0.3 is 6.18 Å². The van der Waals surface area contributed by atoms with Gasteiger partial charge in [0.05, 0.1) is 10.5 Å². The zero-order valence-electron chi connectivity index (χ0n) is 17.7. The second kappa shape index (κ2) is 9.09. The van der Waals surface area contributed by atoms with Gasteiger partial charge in [-0.3, -0.25) is 19.3 Å². The number of rotatable bonds is 4. The van der Waals surface area contributed by atoms with Crippen molar-refractivity contribution in [3.8, 4) is 11.3 Å². The number of furan rings is 1. The highest BCUT2D eigenvalue weighted by atomic mass is 32.2. The molecule has 2 saturated heterocycles. The van der Waals surface area contributed by atoms with E-state index in [0.717, 1.165) is 29.9 Å². The number of piperidine rings is 1. The van der Waals surface area contributed by atoms with E-state index in [1.807, 2.05) is 0 Å². The fourth-order valence-corrected chi connectivity index (χ4v) is 4.51. The third-order valence-electron chi connectivity index (χ3n) is 5.68. The van der Waals surface area contributed by atoms with Crippen molar-refractivity contribution < 1.29 is 32.0 Å². The van der Waals surface area contributed by atoms with Crippen molar-refractivity contribution in [2.45, 2.75) is 25.9 Å². The van der Waals surface area contributed by atoms with Crippen LogP contribution in [0.5, 0.6) is 0 Å². The third kappa shape index (κ3) is 5.16. The third-order valence-corrected chi connectivity index (χ3v) is 6.59. The van der Waals surface area contributed by atoms with E-state index in [1.165, 1.54) is 30.3 Å². The Morgan fingerprint density at radius 2 is 1.91 bits per heavy atom. The quantitative estimate of drug-likeness (QED) is 0.561. The van der Waals surface area contributed by atoms with Crippen LogP contribution in [0, 0.1) is 5.92 Å². The van der Waals surface area contributed by atoms with Gasteiger partial charge in [0.1, 0.15) is 18.1 Å². The molecule has 0 spiro atoms. The molecule has 0 radical (unpaired) electrons. The van der Waals surface area contributed by atoms with E-state index >= 15 is 0 Å². The first-order valence-electron chi connectivity index (χ1n) is 10.4. The summed E-state index contributed by atoms with van der Waals surface area (Å²) in [6.07, 6.45) is -1.34. The number of alkyl halides is 3. The van der Waals surface area contributed by atoms with Crippen LogP contribution in [0.2, 0.25) is 0 Å². The lowest BCUT2D eigenvalue weighted by Gasteiger charge is -2.31. The number of carbonyl (C=O) groups excluding carboxylic acids is 3. The SMILES string of the molecule is CC1CCN(C(=O)CN2C(=O)S/C(=C/c3ccc(-c4cccc(C(F)(F)F)c4)o3)C2=O)CC1. The van der Waals surface area contributed by atoms with E-state index in [2.05, 4.69) is 6.92 Å². The summed E-state index contributed by atoms with van der Waals surface area (Å²) in [6, 6.07) is 7.71. The molecule has 174 valence electrons. The Labute approximate surface area is 192 Å². The molecule has 2 fully saturated rings. The first-order valence-corrected chi connectivity index (χ1v) is 11.2. The highest BCUT2D eigenvalue weighted by molar-refractivity contribution is 8.18. The molecule has 0 unspecified atom stereocenters. The van der Waals surface area contributed by atoms with Crippen molar-refractivity contribution in [2.24, 2.45) is 5.92 Å². The highest BCUT2D eigenvalue weighted by Crippen LogP contribution is 2.35. The molecular formula is C23H21F3N2O4S. The Balaban J connectivity index is 1.46. The molecule has 0 bridgehead atoms. The molecular weight excluding hydrogens is 457 g/mol. The Morgan fingerprint density at radius 3 is 2.61 bits per heavy atom. The van der Waals surface area contributed by atoms with Crippen molar-refractivity contribution in [1.82, 2.24) is 9.80 Å². The maximum Gasteiger partial charge on any atom is 0.416 e. The Kier molecular flexibility index (Phi) is 6.38. The molecule has 6 nitrogen and oxygen atoms in total. The van der Waals surface area contributed by atoms with Crippen LogP contribution in [0.3, 0.4) is 0 Å². The molecule has 10 heteroatoms. The van der Waals surface area contributed by atoms with Crippen LogP contribution >= 0.6 is 11.8 Å². The summed E-state index contributed by atoms with van der Waals surface area (Å²) in [5.74, 6) is 0.0877. The molecule has 0 atom stereocenters. The van der Waals surface area contributed by atoms with Crippen LogP contribution in [0.4, 0.5) is 18.0 Å². The van der Waals surface area contributed by atoms with E-state index in [4.69, 9.17) is 4.42 Å². The summed E-state index contributed by atoms with van der Waals surface area (Å²) in [4.78, 5) is 40.2. The summed E-state index contributed by atoms with van der Waals surface area (Å²) in [5, 5.41) is -0.547. The summed E-state index contributed by atoms with van der Waals surface area (Å²) in [7, 11) is 0. The van der Waals surface area contributed by atoms with E-state index in [9.17, 15) is 27.6 Å². The number of carbonyl (C=O) groups is 3. The van der Waals surface area contributed by atoms with Gasteiger partial charge in [-0.05, 0) is 54.8 Å². The normalized spacial score (nSPS) is 19.1. The number of hydrogen-bond acceptors (Lipinski definition) is 5. The fraction of sp³-hybridized carbons (Fsp3) is 0.348. The Hall–Kier alpha value is -3.01. The molecule has 2 aliphatic heterocycles. The van der Waals surface area contributed by atoms with Crippen molar-refractivity contribution in [2.75, 3.05) is 19.6 Å². The van der Waals surface area contributed by atoms with E-state index in [-0.39, 0.29) is 34.4 Å². The van der Waals surface area contributed by atoms with Crippen LogP contribution in [-0.2, 0) is 15.8 Å². The Morgan fingerprint density at radius 1 is 1.18 bits per heavy atom. The minimum atomic E-state index is -4.48. The number of hydrogen-bond donors (Lipinski definition) is 0. The second-order valence-electron chi connectivity index (χ2n) is 8.11. The van der Waals surface area contributed by atoms with Gasteiger partial charge in [-0.25, -0.2) is 0 Å². The second-order valence-corrected chi connectivity index (χ2v) is 9.10. The zero-order chi connectivity index (χ0) is 23.8. The van der Waals surface area contributed by atoms with Crippen LogP contribution in [0.25, 0.3) is 17.4 Å². The number of benzene rings is 1. The van der Waals surface area contributed by atoms with Gasteiger partial charge in [0.15, 0.2) is 0 Å². The number of imide groups is 1. The summed E-state index contributed by atoms with van der Waals surface area (Å²) in [6.45, 7) is 3.02. The number of amides is 3. The van der Waals surface area contributed by atoms with Gasteiger partial charge < -0.3 is 9.32 Å². The average Bonchev–Trinajstić information content (AvgIpc) is 3.34. The molecule has 33 heavy (non-hydrogen) atoms. The number of nitrogens with zero attached hydrogens (tertiary/aromatic N) is 2. The van der Waals surface area contributed by atoms with E-state index < -0.39 is 22.9 Å². The van der Waals surface area contributed by atoms with Gasteiger partial charge in [-0.15, -0.1) is 0 Å². The largest absolute Gasteiger partial charge is 0.457 e. The topological polar surface area (TPSA) is 70.8 Å². The van der Waals surface area contributed by atoms with Crippen molar-refractivity contribution >= 4 is 34.9 Å². The predicted molar refractivity (Wildman–Crippen MR) is 117 cm³/mol. The Bertz CT molecular complexity index is 1120. The molecule has 0 aliphatic carbocycles. The molecule has 1 aromatic carbocycles. The van der Waals surface area contributed by atoms with Gasteiger partial charge in [0, 0.05) is 24.7 Å². The average molecular weight is 478 g/mol. The first-order chi connectivity index (χ1) is 15.6. The first kappa shape index (κ1) is 23.2. The van der Waals surface area contributed by atoms with E-state index in [0.29, 0.717) is 30.8 Å². The van der Waals surface area contributed by atoms with Crippen LogP contribution in [0.1, 0.15) is 31.1 Å². The zero-order valence-corrected chi connectivity index (χ0v) is 18.5. The van der Waals surface area contributed by atoms with Gasteiger partial charge in [-0.1, -0.05) is 19.1 Å². The molecule has 4 rings (SSSR count). The number of thioether (sulfide) groups is 1. The molecule has 2 aromatic rings. The summed E-state index contributed by atoms with van der Waals surface area (Å²) < 4.78 is 44.5. The lowest BCUT2D eigenvalue weighted by atomic mass is 9.99. The van der Waals surface area contributed by atoms with Crippen molar-refractivity contribution in [1.29, 1.82) is 0 Å². The monoisotopic (exact) mass is 478 g/mol. The van der Waals surface area contributed by atoms with Crippen LogP contribution in [0.15, 0.2) is 45.7 Å². The summed E-state index contributed by atoms with van der Waals surface area (Å²) in [5.41, 5.74) is -0.564. The van der Waals surface area contributed by atoms with Gasteiger partial charge in [0.2, 0.25) is 5.91 Å². The fourth-order valence-electron chi connectivity index (χ4n) is 3.69. The molecule has 0 saturated carbocycles. The number of halogens is 3. The highest BCUT2D eigenvalue weighted by Gasteiger charge is 2.37. The van der Waals surface area contributed by atoms with E-state index in [1.54, 1.807) is 4.90 Å². The maximum atomic E-state index is 13.0. The predicted octanol–water partition coefficient (Wildman–Crippen LogP) is 5.26.